The SMILES string of the molecule is CCN(CCOC)c1nc(C)c(CNC)s1. The fraction of sp³-hybridized carbons (Fsp3) is 0.727. The molecule has 1 N–H and O–H groups in total. The molecule has 0 spiro atoms. The second kappa shape index (κ2) is 6.83. The van der Waals surface area contributed by atoms with E-state index in [1.54, 1.807) is 18.4 Å². The van der Waals surface area contributed by atoms with E-state index in [2.05, 4.69) is 29.0 Å². The third-order valence-electron chi connectivity index (χ3n) is 2.44. The van der Waals surface area contributed by atoms with E-state index in [9.17, 15) is 0 Å². The Bertz CT molecular complexity index is 314. The average Bonchev–Trinajstić information content (AvgIpc) is 2.62. The molecule has 1 aromatic rings. The molecule has 0 bridgehead atoms. The molecule has 1 rings (SSSR count). The molecule has 0 saturated carbocycles. The molecule has 0 atom stereocenters. The van der Waals surface area contributed by atoms with Gasteiger partial charge < -0.3 is 15.0 Å². The van der Waals surface area contributed by atoms with Crippen LogP contribution in [0.15, 0.2) is 0 Å². The molecule has 5 heteroatoms. The van der Waals surface area contributed by atoms with Gasteiger partial charge >= 0.3 is 0 Å². The number of rotatable bonds is 7. The summed E-state index contributed by atoms with van der Waals surface area (Å²) in [7, 11) is 3.69. The van der Waals surface area contributed by atoms with Crippen LogP contribution in [0.1, 0.15) is 17.5 Å². The number of likely N-dealkylation sites (N-methyl/N-ethyl adjacent to an activating group) is 1. The minimum atomic E-state index is 0.744. The highest BCUT2D eigenvalue weighted by Gasteiger charge is 2.12. The van der Waals surface area contributed by atoms with E-state index >= 15 is 0 Å². The summed E-state index contributed by atoms with van der Waals surface area (Å²) >= 11 is 1.76. The molecular weight excluding hydrogens is 222 g/mol. The number of aromatic nitrogens is 1. The van der Waals surface area contributed by atoms with E-state index in [-0.39, 0.29) is 0 Å². The molecule has 0 radical (unpaired) electrons. The van der Waals surface area contributed by atoms with Crippen LogP contribution in [-0.4, -0.2) is 38.8 Å². The lowest BCUT2D eigenvalue weighted by Gasteiger charge is -2.18. The highest BCUT2D eigenvalue weighted by molar-refractivity contribution is 7.15. The topological polar surface area (TPSA) is 37.4 Å². The number of ether oxygens (including phenoxy) is 1. The minimum absolute atomic E-state index is 0.744. The second-order valence-corrected chi connectivity index (χ2v) is 4.67. The molecule has 92 valence electrons. The van der Waals surface area contributed by atoms with E-state index in [0.717, 1.165) is 37.1 Å². The van der Waals surface area contributed by atoms with Gasteiger partial charge in [0.15, 0.2) is 5.13 Å². The average molecular weight is 243 g/mol. The van der Waals surface area contributed by atoms with E-state index in [1.807, 2.05) is 7.05 Å². The van der Waals surface area contributed by atoms with Gasteiger partial charge in [-0.2, -0.15) is 0 Å². The van der Waals surface area contributed by atoms with Crippen LogP contribution in [0.25, 0.3) is 0 Å². The Hall–Kier alpha value is -0.650. The van der Waals surface area contributed by atoms with Crippen molar-refractivity contribution >= 4 is 16.5 Å². The van der Waals surface area contributed by atoms with Crippen molar-refractivity contribution in [3.05, 3.63) is 10.6 Å². The van der Waals surface area contributed by atoms with Crippen LogP contribution < -0.4 is 10.2 Å². The van der Waals surface area contributed by atoms with Gasteiger partial charge in [0.1, 0.15) is 0 Å². The molecule has 1 aromatic heterocycles. The van der Waals surface area contributed by atoms with E-state index in [1.165, 1.54) is 4.88 Å². The molecule has 0 aliphatic rings. The van der Waals surface area contributed by atoms with E-state index in [4.69, 9.17) is 4.74 Å². The Morgan fingerprint density at radius 2 is 2.25 bits per heavy atom. The standard InChI is InChI=1S/C11H21N3OS/c1-5-14(6-7-15-4)11-13-9(2)10(16-11)8-12-3/h12H,5-8H2,1-4H3. The maximum atomic E-state index is 5.10. The van der Waals surface area contributed by atoms with Crippen LogP contribution in [0.5, 0.6) is 0 Å². The monoisotopic (exact) mass is 243 g/mol. The first-order valence-corrected chi connectivity index (χ1v) is 6.39. The Balaban J connectivity index is 2.72. The number of nitrogens with one attached hydrogen (secondary N) is 1. The van der Waals surface area contributed by atoms with E-state index in [0.29, 0.717) is 0 Å². The van der Waals surface area contributed by atoms with Gasteiger partial charge in [-0.15, -0.1) is 11.3 Å². The third kappa shape index (κ3) is 3.43. The van der Waals surface area contributed by atoms with Gasteiger partial charge in [0, 0.05) is 31.6 Å². The van der Waals surface area contributed by atoms with Gasteiger partial charge in [0.25, 0.3) is 0 Å². The van der Waals surface area contributed by atoms with Crippen molar-refractivity contribution in [1.29, 1.82) is 0 Å². The summed E-state index contributed by atoms with van der Waals surface area (Å²) in [6.45, 7) is 7.72. The zero-order chi connectivity index (χ0) is 12.0. The summed E-state index contributed by atoms with van der Waals surface area (Å²) in [4.78, 5) is 8.17. The van der Waals surface area contributed by atoms with Gasteiger partial charge in [-0.1, -0.05) is 0 Å². The predicted molar refractivity (Wildman–Crippen MR) is 69.4 cm³/mol. The van der Waals surface area contributed by atoms with Gasteiger partial charge in [-0.3, -0.25) is 0 Å². The minimum Gasteiger partial charge on any atom is -0.383 e. The Morgan fingerprint density at radius 1 is 1.50 bits per heavy atom. The second-order valence-electron chi connectivity index (χ2n) is 3.61. The van der Waals surface area contributed by atoms with Crippen molar-refractivity contribution in [3.8, 4) is 0 Å². The first kappa shape index (κ1) is 13.4. The van der Waals surface area contributed by atoms with Crippen molar-refractivity contribution in [2.75, 3.05) is 38.8 Å². The highest BCUT2D eigenvalue weighted by atomic mass is 32.1. The predicted octanol–water partition coefficient (Wildman–Crippen LogP) is 1.64. The Kier molecular flexibility index (Phi) is 5.73. The fourth-order valence-corrected chi connectivity index (χ4v) is 2.63. The van der Waals surface area contributed by atoms with E-state index < -0.39 is 0 Å². The molecule has 16 heavy (non-hydrogen) atoms. The van der Waals surface area contributed by atoms with Crippen LogP contribution >= 0.6 is 11.3 Å². The number of hydrogen-bond donors (Lipinski definition) is 1. The molecule has 0 unspecified atom stereocenters. The molecule has 4 nitrogen and oxygen atoms in total. The first-order valence-electron chi connectivity index (χ1n) is 5.57. The molecule has 0 aliphatic carbocycles. The van der Waals surface area contributed by atoms with Gasteiger partial charge in [0.05, 0.1) is 12.3 Å². The van der Waals surface area contributed by atoms with Crippen LogP contribution in [0.2, 0.25) is 0 Å². The lowest BCUT2D eigenvalue weighted by Crippen LogP contribution is -2.26. The fourth-order valence-electron chi connectivity index (χ4n) is 1.46. The number of anilines is 1. The molecule has 0 fully saturated rings. The van der Waals surface area contributed by atoms with Crippen molar-refractivity contribution in [1.82, 2.24) is 10.3 Å². The number of methoxy groups -OCH3 is 1. The zero-order valence-electron chi connectivity index (χ0n) is 10.5. The number of aryl methyl sites for hydroxylation is 1. The maximum absolute atomic E-state index is 5.10. The first-order chi connectivity index (χ1) is 7.72. The normalized spacial score (nSPS) is 10.8. The summed E-state index contributed by atoms with van der Waals surface area (Å²) in [5.74, 6) is 0. The number of hydrogen-bond acceptors (Lipinski definition) is 5. The van der Waals surface area contributed by atoms with Crippen LogP contribution in [-0.2, 0) is 11.3 Å². The van der Waals surface area contributed by atoms with Crippen molar-refractivity contribution in [3.63, 3.8) is 0 Å². The lowest BCUT2D eigenvalue weighted by atomic mass is 10.4. The molecule has 0 aromatic carbocycles. The van der Waals surface area contributed by atoms with Crippen LogP contribution in [0.3, 0.4) is 0 Å². The van der Waals surface area contributed by atoms with Gasteiger partial charge in [0.2, 0.25) is 0 Å². The van der Waals surface area contributed by atoms with Gasteiger partial charge in [-0.25, -0.2) is 4.98 Å². The number of thiazole rings is 1. The summed E-state index contributed by atoms with van der Waals surface area (Å²) in [6.07, 6.45) is 0. The molecular formula is C11H21N3OS. The summed E-state index contributed by atoms with van der Waals surface area (Å²) in [5.41, 5.74) is 1.13. The molecule has 0 saturated heterocycles. The lowest BCUT2D eigenvalue weighted by molar-refractivity contribution is 0.205. The van der Waals surface area contributed by atoms with Crippen molar-refractivity contribution in [2.24, 2.45) is 0 Å². The number of nitrogens with zero attached hydrogens (tertiary/aromatic N) is 2. The van der Waals surface area contributed by atoms with Crippen LogP contribution in [0, 0.1) is 6.92 Å². The zero-order valence-corrected chi connectivity index (χ0v) is 11.4. The Labute approximate surface area is 102 Å². The summed E-state index contributed by atoms with van der Waals surface area (Å²) in [6, 6.07) is 0. The van der Waals surface area contributed by atoms with Crippen LogP contribution in [0.4, 0.5) is 5.13 Å². The van der Waals surface area contributed by atoms with Crippen molar-refractivity contribution < 1.29 is 4.74 Å². The van der Waals surface area contributed by atoms with Gasteiger partial charge in [-0.05, 0) is 20.9 Å². The largest absolute Gasteiger partial charge is 0.383 e. The highest BCUT2D eigenvalue weighted by Crippen LogP contribution is 2.25. The smallest absolute Gasteiger partial charge is 0.185 e. The summed E-state index contributed by atoms with van der Waals surface area (Å²) < 4.78 is 5.10. The quantitative estimate of drug-likeness (QED) is 0.790. The maximum Gasteiger partial charge on any atom is 0.185 e. The van der Waals surface area contributed by atoms with Crippen molar-refractivity contribution in [2.45, 2.75) is 20.4 Å². The molecule has 0 amide bonds. The third-order valence-corrected chi connectivity index (χ3v) is 3.65. The molecule has 0 aliphatic heterocycles. The summed E-state index contributed by atoms with van der Waals surface area (Å²) in [5, 5.41) is 4.26. The Morgan fingerprint density at radius 3 is 2.81 bits per heavy atom. The molecule has 1 heterocycles.